The molecule has 0 saturated carbocycles. The molecule has 6 heteroatoms. The van der Waals surface area contributed by atoms with E-state index >= 15 is 0 Å². The Hall–Kier alpha value is -1.30. The van der Waals surface area contributed by atoms with Crippen molar-refractivity contribution in [1.82, 2.24) is 4.90 Å². The molecule has 0 aliphatic rings. The summed E-state index contributed by atoms with van der Waals surface area (Å²) in [5.74, 6) is -0.273. The van der Waals surface area contributed by atoms with E-state index in [0.717, 1.165) is 0 Å². The van der Waals surface area contributed by atoms with Gasteiger partial charge in [0.1, 0.15) is 5.41 Å². The van der Waals surface area contributed by atoms with Crippen molar-refractivity contribution in [2.45, 2.75) is 33.7 Å². The highest BCUT2D eigenvalue weighted by molar-refractivity contribution is 6.05. The number of carbonyl (C=O) groups excluding carboxylic acids is 1. The maximum Gasteiger partial charge on any atom is 0.236 e. The molecule has 0 radical (unpaired) electrons. The summed E-state index contributed by atoms with van der Waals surface area (Å²) in [5.41, 5.74) is 4.52. The fraction of sp³-hybridized carbons (Fsp3) is 0.818. The molecule has 1 amide bonds. The maximum absolute atomic E-state index is 12.3. The van der Waals surface area contributed by atoms with E-state index in [4.69, 9.17) is 15.7 Å². The zero-order valence-corrected chi connectivity index (χ0v) is 11.2. The summed E-state index contributed by atoms with van der Waals surface area (Å²) in [7, 11) is 1.58. The average molecular weight is 245 g/mol. The van der Waals surface area contributed by atoms with Gasteiger partial charge in [-0.25, -0.2) is 0 Å². The molecule has 0 aliphatic carbocycles. The van der Waals surface area contributed by atoms with Crippen LogP contribution >= 0.6 is 0 Å². The lowest BCUT2D eigenvalue weighted by Gasteiger charge is -2.33. The second-order valence-corrected chi connectivity index (χ2v) is 4.70. The summed E-state index contributed by atoms with van der Waals surface area (Å²) < 4.78 is 4.97. The number of nitrogens with two attached hydrogens (primary N) is 1. The van der Waals surface area contributed by atoms with Gasteiger partial charge in [0, 0.05) is 19.7 Å². The van der Waals surface area contributed by atoms with E-state index in [1.165, 1.54) is 0 Å². The van der Waals surface area contributed by atoms with Gasteiger partial charge in [0.15, 0.2) is 5.84 Å². The normalized spacial score (nSPS) is 12.9. The topological polar surface area (TPSA) is 88.2 Å². The van der Waals surface area contributed by atoms with E-state index in [1.54, 1.807) is 25.9 Å². The molecule has 0 rings (SSSR count). The van der Waals surface area contributed by atoms with E-state index in [0.29, 0.717) is 13.2 Å². The Morgan fingerprint density at radius 1 is 1.53 bits per heavy atom. The van der Waals surface area contributed by atoms with Crippen LogP contribution < -0.4 is 5.73 Å². The number of hydrogen-bond acceptors (Lipinski definition) is 4. The first-order chi connectivity index (χ1) is 7.78. The van der Waals surface area contributed by atoms with Crippen molar-refractivity contribution >= 4 is 11.7 Å². The van der Waals surface area contributed by atoms with Crippen LogP contribution in [0.15, 0.2) is 5.16 Å². The van der Waals surface area contributed by atoms with Crippen LogP contribution in [0.5, 0.6) is 0 Å². The molecule has 0 heterocycles. The molecule has 0 atom stereocenters. The summed E-state index contributed by atoms with van der Waals surface area (Å²) in [6.45, 7) is 8.02. The minimum Gasteiger partial charge on any atom is -0.409 e. The highest BCUT2D eigenvalue weighted by Crippen LogP contribution is 2.20. The van der Waals surface area contributed by atoms with Crippen molar-refractivity contribution in [2.24, 2.45) is 16.3 Å². The van der Waals surface area contributed by atoms with E-state index in [2.05, 4.69) is 5.16 Å². The van der Waals surface area contributed by atoms with Gasteiger partial charge >= 0.3 is 0 Å². The van der Waals surface area contributed by atoms with Gasteiger partial charge in [-0.3, -0.25) is 4.79 Å². The van der Waals surface area contributed by atoms with Gasteiger partial charge in [0.2, 0.25) is 5.91 Å². The SMILES string of the molecule is COCCN(C(=O)C(C)(C)C(N)=NO)C(C)C. The minimum atomic E-state index is -1.02. The molecule has 0 spiro atoms. The second-order valence-electron chi connectivity index (χ2n) is 4.70. The van der Waals surface area contributed by atoms with E-state index in [9.17, 15) is 4.79 Å². The molecule has 0 aliphatic heterocycles. The van der Waals surface area contributed by atoms with Crippen molar-refractivity contribution in [1.29, 1.82) is 0 Å². The van der Waals surface area contributed by atoms with Gasteiger partial charge in [0.05, 0.1) is 6.61 Å². The monoisotopic (exact) mass is 245 g/mol. The minimum absolute atomic E-state index is 0.0309. The summed E-state index contributed by atoms with van der Waals surface area (Å²) in [5, 5.41) is 11.6. The Kier molecular flexibility index (Phi) is 5.95. The molecule has 0 aromatic carbocycles. The third-order valence-corrected chi connectivity index (χ3v) is 2.70. The van der Waals surface area contributed by atoms with Crippen LogP contribution in [-0.4, -0.2) is 48.2 Å². The van der Waals surface area contributed by atoms with Gasteiger partial charge in [-0.15, -0.1) is 0 Å². The van der Waals surface area contributed by atoms with Gasteiger partial charge in [-0.05, 0) is 27.7 Å². The van der Waals surface area contributed by atoms with Crippen LogP contribution in [0.1, 0.15) is 27.7 Å². The van der Waals surface area contributed by atoms with Gasteiger partial charge < -0.3 is 20.6 Å². The molecule has 6 nitrogen and oxygen atoms in total. The molecule has 0 bridgehead atoms. The number of carbonyl (C=O) groups is 1. The zero-order valence-electron chi connectivity index (χ0n) is 11.2. The van der Waals surface area contributed by atoms with E-state index in [-0.39, 0.29) is 17.8 Å². The van der Waals surface area contributed by atoms with E-state index in [1.807, 2.05) is 13.8 Å². The van der Waals surface area contributed by atoms with Crippen LogP contribution in [0.4, 0.5) is 0 Å². The maximum atomic E-state index is 12.3. The Labute approximate surface area is 102 Å². The number of nitrogens with zero attached hydrogens (tertiary/aromatic N) is 2. The molecule has 0 saturated heterocycles. The standard InChI is InChI=1S/C11H23N3O3/c1-8(2)14(6-7-17-5)10(15)11(3,4)9(12)13-16/h8,16H,6-7H2,1-5H3,(H2,12,13). The highest BCUT2D eigenvalue weighted by atomic mass is 16.5. The lowest BCUT2D eigenvalue weighted by atomic mass is 9.89. The van der Waals surface area contributed by atoms with Crippen molar-refractivity contribution in [3.8, 4) is 0 Å². The number of hydrogen-bond donors (Lipinski definition) is 2. The van der Waals surface area contributed by atoms with Crippen LogP contribution in [-0.2, 0) is 9.53 Å². The number of ether oxygens (including phenoxy) is 1. The van der Waals surface area contributed by atoms with Gasteiger partial charge in [-0.1, -0.05) is 5.16 Å². The third-order valence-electron chi connectivity index (χ3n) is 2.70. The smallest absolute Gasteiger partial charge is 0.236 e. The number of methoxy groups -OCH3 is 1. The first-order valence-electron chi connectivity index (χ1n) is 5.57. The molecule has 0 fully saturated rings. The van der Waals surface area contributed by atoms with Crippen molar-refractivity contribution in [3.63, 3.8) is 0 Å². The number of amidine groups is 1. The molecule has 100 valence electrons. The molecule has 0 aromatic heterocycles. The quantitative estimate of drug-likeness (QED) is 0.311. The first-order valence-corrected chi connectivity index (χ1v) is 5.57. The van der Waals surface area contributed by atoms with Crippen LogP contribution in [0.2, 0.25) is 0 Å². The molecule has 3 N–H and O–H groups in total. The Morgan fingerprint density at radius 3 is 2.41 bits per heavy atom. The van der Waals surface area contributed by atoms with Gasteiger partial charge in [0.25, 0.3) is 0 Å². The van der Waals surface area contributed by atoms with Crippen molar-refractivity contribution in [3.05, 3.63) is 0 Å². The Morgan fingerprint density at radius 2 is 2.06 bits per heavy atom. The highest BCUT2D eigenvalue weighted by Gasteiger charge is 2.37. The van der Waals surface area contributed by atoms with Gasteiger partial charge in [-0.2, -0.15) is 0 Å². The summed E-state index contributed by atoms with van der Waals surface area (Å²) >= 11 is 0. The fourth-order valence-corrected chi connectivity index (χ4v) is 1.38. The van der Waals surface area contributed by atoms with E-state index < -0.39 is 5.41 Å². The first kappa shape index (κ1) is 15.7. The molecular formula is C11H23N3O3. The Balaban J connectivity index is 4.95. The molecule has 0 aromatic rings. The zero-order chi connectivity index (χ0) is 13.6. The summed E-state index contributed by atoms with van der Waals surface area (Å²) in [4.78, 5) is 14.0. The predicted octanol–water partition coefficient (Wildman–Crippen LogP) is 0.642. The van der Waals surface area contributed by atoms with Crippen molar-refractivity contribution in [2.75, 3.05) is 20.3 Å². The Bertz CT molecular complexity index is 288. The summed E-state index contributed by atoms with van der Waals surface area (Å²) in [6, 6.07) is 0.0309. The molecule has 0 unspecified atom stereocenters. The fourth-order valence-electron chi connectivity index (χ4n) is 1.38. The lowest BCUT2D eigenvalue weighted by molar-refractivity contribution is -0.139. The largest absolute Gasteiger partial charge is 0.409 e. The second kappa shape index (κ2) is 6.44. The average Bonchev–Trinajstić information content (AvgIpc) is 2.27. The van der Waals surface area contributed by atoms with Crippen LogP contribution in [0, 0.1) is 5.41 Å². The number of oxime groups is 1. The molecule has 17 heavy (non-hydrogen) atoms. The lowest BCUT2D eigenvalue weighted by Crippen LogP contribution is -2.51. The molecular weight excluding hydrogens is 222 g/mol. The third kappa shape index (κ3) is 3.89. The number of rotatable bonds is 6. The predicted molar refractivity (Wildman–Crippen MR) is 65.9 cm³/mol. The van der Waals surface area contributed by atoms with Crippen LogP contribution in [0.3, 0.4) is 0 Å². The van der Waals surface area contributed by atoms with Crippen LogP contribution in [0.25, 0.3) is 0 Å². The summed E-state index contributed by atoms with van der Waals surface area (Å²) in [6.07, 6.45) is 0. The van der Waals surface area contributed by atoms with Crippen molar-refractivity contribution < 1.29 is 14.7 Å². The number of amides is 1.